The molecule has 0 amide bonds. The molecule has 0 aromatic heterocycles. The second kappa shape index (κ2) is 6.55. The van der Waals surface area contributed by atoms with Crippen molar-refractivity contribution in [3.63, 3.8) is 0 Å². The Kier molecular flexibility index (Phi) is 5.23. The summed E-state index contributed by atoms with van der Waals surface area (Å²) in [4.78, 5) is 0. The Hall–Kier alpha value is -0.890. The lowest BCUT2D eigenvalue weighted by Gasteiger charge is -2.15. The predicted octanol–water partition coefficient (Wildman–Crippen LogP) is 2.90. The van der Waals surface area contributed by atoms with Gasteiger partial charge in [-0.3, -0.25) is 4.39 Å². The van der Waals surface area contributed by atoms with Gasteiger partial charge in [0.2, 0.25) is 0 Å². The molecule has 78 valence electrons. The lowest BCUT2D eigenvalue weighted by molar-refractivity contribution is 0.270. The fraction of sp³-hybridized carbons (Fsp3) is 0.500. The van der Waals surface area contributed by atoms with Crippen molar-refractivity contribution >= 4 is 0 Å². The third-order valence-corrected chi connectivity index (χ3v) is 2.43. The Morgan fingerprint density at radius 2 is 1.86 bits per heavy atom. The van der Waals surface area contributed by atoms with Crippen LogP contribution in [0, 0.1) is 0 Å². The van der Waals surface area contributed by atoms with Crippen LogP contribution in [0.1, 0.15) is 30.7 Å². The highest BCUT2D eigenvalue weighted by Crippen LogP contribution is 2.24. The van der Waals surface area contributed by atoms with Crippen molar-refractivity contribution in [1.82, 2.24) is 0 Å². The fourth-order valence-corrected chi connectivity index (χ4v) is 1.68. The first-order chi connectivity index (χ1) is 6.88. The van der Waals surface area contributed by atoms with Gasteiger partial charge >= 0.3 is 0 Å². The smallest absolute Gasteiger partial charge is 0.0894 e. The van der Waals surface area contributed by atoms with Gasteiger partial charge in [-0.1, -0.05) is 30.3 Å². The van der Waals surface area contributed by atoms with Gasteiger partial charge in [0.15, 0.2) is 0 Å². The van der Waals surface area contributed by atoms with E-state index in [-0.39, 0.29) is 13.3 Å². The summed E-state index contributed by atoms with van der Waals surface area (Å²) in [6.07, 6.45) is 2.13. The van der Waals surface area contributed by atoms with Crippen molar-refractivity contribution < 1.29 is 9.50 Å². The predicted molar refractivity (Wildman–Crippen MR) is 56.1 cm³/mol. The zero-order chi connectivity index (χ0) is 10.2. The number of benzene rings is 1. The summed E-state index contributed by atoms with van der Waals surface area (Å²) in [6, 6.07) is 10.0. The van der Waals surface area contributed by atoms with E-state index in [1.807, 2.05) is 30.3 Å². The van der Waals surface area contributed by atoms with Crippen LogP contribution in [0.4, 0.5) is 4.39 Å². The molecule has 1 aromatic carbocycles. The monoisotopic (exact) mass is 196 g/mol. The van der Waals surface area contributed by atoms with Crippen LogP contribution >= 0.6 is 0 Å². The molecule has 1 aromatic rings. The quantitative estimate of drug-likeness (QED) is 0.741. The largest absolute Gasteiger partial charge is 0.396 e. The van der Waals surface area contributed by atoms with E-state index in [0.717, 1.165) is 12.8 Å². The van der Waals surface area contributed by atoms with Gasteiger partial charge in [0.25, 0.3) is 0 Å². The number of alkyl halides is 1. The molecule has 1 N–H and O–H groups in total. The summed E-state index contributed by atoms with van der Waals surface area (Å²) >= 11 is 0. The molecular formula is C12H17FO. The molecule has 2 heteroatoms. The zero-order valence-corrected chi connectivity index (χ0v) is 8.32. The van der Waals surface area contributed by atoms with Gasteiger partial charge in [-0.25, -0.2) is 0 Å². The van der Waals surface area contributed by atoms with Crippen LogP contribution in [0.15, 0.2) is 30.3 Å². The maximum absolute atomic E-state index is 12.0. The zero-order valence-electron chi connectivity index (χ0n) is 8.32. The summed E-state index contributed by atoms with van der Waals surface area (Å²) in [5.41, 5.74) is 1.20. The average Bonchev–Trinajstić information content (AvgIpc) is 2.25. The van der Waals surface area contributed by atoms with Gasteiger partial charge in [0.05, 0.1) is 6.67 Å². The molecular weight excluding hydrogens is 179 g/mol. The highest BCUT2D eigenvalue weighted by Gasteiger charge is 2.09. The van der Waals surface area contributed by atoms with Crippen LogP contribution in [0.2, 0.25) is 0 Å². The van der Waals surface area contributed by atoms with Crippen LogP contribution in [0.5, 0.6) is 0 Å². The molecule has 0 aliphatic rings. The minimum atomic E-state index is -0.269. The summed E-state index contributed by atoms with van der Waals surface area (Å²) < 4.78 is 12.0. The van der Waals surface area contributed by atoms with Gasteiger partial charge in [-0.05, 0) is 30.7 Å². The first-order valence-corrected chi connectivity index (χ1v) is 5.10. The molecule has 14 heavy (non-hydrogen) atoms. The molecule has 0 spiro atoms. The molecule has 1 rings (SSSR count). The lowest BCUT2D eigenvalue weighted by Crippen LogP contribution is -2.02. The van der Waals surface area contributed by atoms with E-state index in [4.69, 9.17) is 5.11 Å². The van der Waals surface area contributed by atoms with E-state index in [2.05, 4.69) is 0 Å². The van der Waals surface area contributed by atoms with Gasteiger partial charge in [-0.15, -0.1) is 0 Å². The third kappa shape index (κ3) is 3.46. The minimum absolute atomic E-state index is 0.172. The number of halogens is 1. The SMILES string of the molecule is OCCC(CCCF)c1ccccc1. The minimum Gasteiger partial charge on any atom is -0.396 e. The number of hydrogen-bond donors (Lipinski definition) is 1. The summed E-state index contributed by atoms with van der Waals surface area (Å²) in [5, 5.41) is 8.90. The highest BCUT2D eigenvalue weighted by atomic mass is 19.1. The topological polar surface area (TPSA) is 20.2 Å². The Balaban J connectivity index is 2.58. The van der Waals surface area contributed by atoms with E-state index in [1.54, 1.807) is 0 Å². The number of rotatable bonds is 6. The van der Waals surface area contributed by atoms with E-state index in [9.17, 15) is 4.39 Å². The molecule has 0 aliphatic carbocycles. The van der Waals surface area contributed by atoms with Crippen molar-refractivity contribution in [2.24, 2.45) is 0 Å². The Labute approximate surface area is 84.6 Å². The maximum Gasteiger partial charge on any atom is 0.0894 e. The maximum atomic E-state index is 12.0. The van der Waals surface area contributed by atoms with E-state index >= 15 is 0 Å². The van der Waals surface area contributed by atoms with Crippen molar-refractivity contribution in [1.29, 1.82) is 0 Å². The van der Waals surface area contributed by atoms with Crippen LogP contribution in [-0.4, -0.2) is 18.4 Å². The van der Waals surface area contributed by atoms with Crippen LogP contribution in [0.25, 0.3) is 0 Å². The van der Waals surface area contributed by atoms with E-state index in [0.29, 0.717) is 12.3 Å². The molecule has 0 bridgehead atoms. The Morgan fingerprint density at radius 3 is 2.43 bits per heavy atom. The molecule has 1 unspecified atom stereocenters. The van der Waals surface area contributed by atoms with Crippen LogP contribution < -0.4 is 0 Å². The average molecular weight is 196 g/mol. The highest BCUT2D eigenvalue weighted by molar-refractivity contribution is 5.19. The van der Waals surface area contributed by atoms with Gasteiger partial charge in [-0.2, -0.15) is 0 Å². The second-order valence-electron chi connectivity index (χ2n) is 3.45. The molecule has 0 radical (unpaired) electrons. The summed E-state index contributed by atoms with van der Waals surface area (Å²) in [5.74, 6) is 0.303. The summed E-state index contributed by atoms with van der Waals surface area (Å²) in [7, 11) is 0. The molecule has 0 heterocycles. The van der Waals surface area contributed by atoms with Crippen molar-refractivity contribution in [3.8, 4) is 0 Å². The first kappa shape index (κ1) is 11.2. The van der Waals surface area contributed by atoms with Crippen molar-refractivity contribution in [3.05, 3.63) is 35.9 Å². The number of hydrogen-bond acceptors (Lipinski definition) is 1. The molecule has 1 nitrogen and oxygen atoms in total. The van der Waals surface area contributed by atoms with Crippen molar-refractivity contribution in [2.45, 2.75) is 25.2 Å². The molecule has 0 saturated carbocycles. The number of aliphatic hydroxyl groups excluding tert-OH is 1. The Bertz CT molecular complexity index is 235. The van der Waals surface area contributed by atoms with Crippen molar-refractivity contribution in [2.75, 3.05) is 13.3 Å². The first-order valence-electron chi connectivity index (χ1n) is 5.10. The van der Waals surface area contributed by atoms with Gasteiger partial charge in [0.1, 0.15) is 0 Å². The number of aliphatic hydroxyl groups is 1. The third-order valence-electron chi connectivity index (χ3n) is 2.43. The second-order valence-corrected chi connectivity index (χ2v) is 3.45. The normalized spacial score (nSPS) is 12.7. The molecule has 0 aliphatic heterocycles. The van der Waals surface area contributed by atoms with E-state index in [1.165, 1.54) is 5.56 Å². The van der Waals surface area contributed by atoms with Gasteiger partial charge < -0.3 is 5.11 Å². The summed E-state index contributed by atoms with van der Waals surface area (Å²) in [6.45, 7) is -0.0966. The molecule has 0 fully saturated rings. The fourth-order valence-electron chi connectivity index (χ4n) is 1.68. The molecule has 1 atom stereocenters. The standard InChI is InChI=1S/C12H17FO/c13-9-4-7-12(8-10-14)11-5-2-1-3-6-11/h1-3,5-6,12,14H,4,7-10H2. The van der Waals surface area contributed by atoms with E-state index < -0.39 is 0 Å². The molecule has 0 saturated heterocycles. The van der Waals surface area contributed by atoms with Crippen LogP contribution in [-0.2, 0) is 0 Å². The Morgan fingerprint density at radius 1 is 1.14 bits per heavy atom. The lowest BCUT2D eigenvalue weighted by atomic mass is 9.92. The van der Waals surface area contributed by atoms with Crippen LogP contribution in [0.3, 0.4) is 0 Å². The van der Waals surface area contributed by atoms with Gasteiger partial charge in [0, 0.05) is 6.61 Å².